The summed E-state index contributed by atoms with van der Waals surface area (Å²) < 4.78 is 3.64. The fraction of sp³-hybridized carbons (Fsp3) is 0.700. The highest BCUT2D eigenvalue weighted by molar-refractivity contribution is 6.50. The van der Waals surface area contributed by atoms with Gasteiger partial charge in [0, 0.05) is 11.0 Å². The van der Waals surface area contributed by atoms with Gasteiger partial charge in [-0.25, -0.2) is 0 Å². The lowest BCUT2D eigenvalue weighted by molar-refractivity contribution is -0.145. The van der Waals surface area contributed by atoms with Crippen LogP contribution in [-0.2, 0) is 9.53 Å². The topological polar surface area (TPSA) is 26.3 Å². The van der Waals surface area contributed by atoms with Crippen molar-refractivity contribution >= 4 is 40.8 Å². The molecule has 0 atom stereocenters. The quantitative estimate of drug-likeness (QED) is 0.561. The molecule has 0 aromatic heterocycles. The number of halogens is 3. The molecule has 0 aliphatic heterocycles. The van der Waals surface area contributed by atoms with Crippen molar-refractivity contribution in [2.24, 2.45) is 5.41 Å². The molecule has 0 saturated heterocycles. The zero-order valence-corrected chi connectivity index (χ0v) is 11.3. The van der Waals surface area contributed by atoms with E-state index >= 15 is 0 Å². The number of hydrogen-bond donors (Lipinski definition) is 0. The third kappa shape index (κ3) is 4.62. The number of hydrogen-bond acceptors (Lipinski definition) is 2. The van der Waals surface area contributed by atoms with Gasteiger partial charge < -0.3 is 4.74 Å². The molecule has 0 aromatic rings. The van der Waals surface area contributed by atoms with Crippen molar-refractivity contribution in [3.8, 4) is 0 Å². The summed E-state index contributed by atoms with van der Waals surface area (Å²) in [6.07, 6.45) is 1.58. The van der Waals surface area contributed by atoms with E-state index in [0.717, 1.165) is 0 Å². The molecule has 0 aromatic carbocycles. The summed E-state index contributed by atoms with van der Waals surface area (Å²) in [5.41, 5.74) is 0.598. The first kappa shape index (κ1) is 15.1. The van der Waals surface area contributed by atoms with Crippen LogP contribution in [0.4, 0.5) is 0 Å². The lowest BCUT2D eigenvalue weighted by Gasteiger charge is -2.34. The van der Waals surface area contributed by atoms with Crippen LogP contribution in [0, 0.1) is 5.41 Å². The van der Waals surface area contributed by atoms with Gasteiger partial charge in [0.05, 0.1) is 13.0 Å². The minimum absolute atomic E-state index is 0.134. The van der Waals surface area contributed by atoms with Crippen LogP contribution in [0.5, 0.6) is 0 Å². The first-order valence-corrected chi connectivity index (χ1v) is 5.77. The molecule has 0 unspecified atom stereocenters. The van der Waals surface area contributed by atoms with E-state index in [2.05, 4.69) is 0 Å². The van der Waals surface area contributed by atoms with E-state index in [-0.39, 0.29) is 12.4 Å². The highest BCUT2D eigenvalue weighted by Gasteiger charge is 2.41. The van der Waals surface area contributed by atoms with Crippen molar-refractivity contribution in [2.75, 3.05) is 6.61 Å². The Balaban J connectivity index is 4.59. The summed E-state index contributed by atoms with van der Waals surface area (Å²) in [6.45, 7) is 5.65. The second kappa shape index (κ2) is 5.97. The van der Waals surface area contributed by atoms with Crippen molar-refractivity contribution in [3.63, 3.8) is 0 Å². The monoisotopic (exact) mass is 272 g/mol. The van der Waals surface area contributed by atoms with Crippen molar-refractivity contribution in [1.82, 2.24) is 0 Å². The Morgan fingerprint density at radius 2 is 1.93 bits per heavy atom. The highest BCUT2D eigenvalue weighted by atomic mass is 35.5. The Kier molecular flexibility index (Phi) is 6.01. The number of esters is 1. The molecule has 0 fully saturated rings. The van der Waals surface area contributed by atoms with E-state index < -0.39 is 9.75 Å². The third-order valence-electron chi connectivity index (χ3n) is 2.07. The summed E-state index contributed by atoms with van der Waals surface area (Å²) in [7, 11) is 0. The third-order valence-corrected chi connectivity index (χ3v) is 3.47. The van der Waals surface area contributed by atoms with Gasteiger partial charge in [0.1, 0.15) is 4.33 Å². The Morgan fingerprint density at radius 3 is 2.33 bits per heavy atom. The predicted molar refractivity (Wildman–Crippen MR) is 64.5 cm³/mol. The largest absolute Gasteiger partial charge is 0.466 e. The zero-order chi connectivity index (χ0) is 12.1. The van der Waals surface area contributed by atoms with E-state index in [9.17, 15) is 4.79 Å². The maximum atomic E-state index is 11.3. The summed E-state index contributed by atoms with van der Waals surface area (Å²) in [5.74, 6) is -0.323. The van der Waals surface area contributed by atoms with E-state index in [0.29, 0.717) is 6.61 Å². The number of alkyl halides is 2. The van der Waals surface area contributed by atoms with Crippen LogP contribution >= 0.6 is 34.8 Å². The number of carbonyl (C=O) groups is 1. The Hall–Kier alpha value is 0.0800. The predicted octanol–water partition coefficient (Wildman–Crippen LogP) is 3.89. The maximum Gasteiger partial charge on any atom is 0.306 e. The molecule has 0 N–H and O–H groups in total. The van der Waals surface area contributed by atoms with Crippen LogP contribution in [0.15, 0.2) is 11.6 Å². The maximum absolute atomic E-state index is 11.3. The minimum Gasteiger partial charge on any atom is -0.466 e. The van der Waals surface area contributed by atoms with E-state index in [1.807, 2.05) is 0 Å². The van der Waals surface area contributed by atoms with Crippen LogP contribution in [0.3, 0.4) is 0 Å². The van der Waals surface area contributed by atoms with Gasteiger partial charge in [0.15, 0.2) is 0 Å². The number of rotatable bonds is 5. The molecule has 15 heavy (non-hydrogen) atoms. The molecule has 0 heterocycles. The fourth-order valence-corrected chi connectivity index (χ4v) is 1.57. The van der Waals surface area contributed by atoms with E-state index in [4.69, 9.17) is 39.5 Å². The first-order valence-electron chi connectivity index (χ1n) is 4.58. The molecule has 88 valence electrons. The lowest BCUT2D eigenvalue weighted by Crippen LogP contribution is -2.35. The summed E-state index contributed by atoms with van der Waals surface area (Å²) in [5, 5.41) is 0. The smallest absolute Gasteiger partial charge is 0.306 e. The lowest BCUT2D eigenvalue weighted by atomic mass is 9.84. The van der Waals surface area contributed by atoms with Gasteiger partial charge in [-0.3, -0.25) is 4.79 Å². The molecule has 0 rings (SSSR count). The molecule has 5 heteroatoms. The fourth-order valence-electron chi connectivity index (χ4n) is 0.995. The Labute approximate surface area is 106 Å². The Morgan fingerprint density at radius 1 is 1.40 bits per heavy atom. The molecule has 0 aliphatic rings. The normalized spacial score (nSPS) is 13.2. The molecule has 0 aliphatic carbocycles. The highest BCUT2D eigenvalue weighted by Crippen LogP contribution is 2.44. The van der Waals surface area contributed by atoms with Gasteiger partial charge in [-0.1, -0.05) is 48.7 Å². The van der Waals surface area contributed by atoms with Crippen LogP contribution in [-0.4, -0.2) is 16.9 Å². The molecular formula is C10H15Cl3O2. The minimum atomic E-state index is -1.19. The zero-order valence-electron chi connectivity index (χ0n) is 9.02. The number of allylic oxidation sites excluding steroid dienone is 1. The van der Waals surface area contributed by atoms with Crippen molar-refractivity contribution in [3.05, 3.63) is 11.6 Å². The van der Waals surface area contributed by atoms with E-state index in [1.54, 1.807) is 20.8 Å². The molecular weight excluding hydrogens is 258 g/mol. The SMILES string of the molecule is CCOC(=O)CC(C)(C)C(Cl)(Cl)/C=C/Cl. The van der Waals surface area contributed by atoms with Gasteiger partial charge >= 0.3 is 5.97 Å². The standard InChI is InChI=1S/C10H15Cl3O2/c1-4-15-8(14)7-9(2,3)10(12,13)5-6-11/h5-6H,4,7H2,1-3H3/b6-5+. The van der Waals surface area contributed by atoms with Crippen LogP contribution < -0.4 is 0 Å². The average Bonchev–Trinajstić information content (AvgIpc) is 2.02. The average molecular weight is 274 g/mol. The molecule has 0 bridgehead atoms. The van der Waals surface area contributed by atoms with Crippen molar-refractivity contribution in [2.45, 2.75) is 31.5 Å². The van der Waals surface area contributed by atoms with Gasteiger partial charge in [-0.2, -0.15) is 0 Å². The summed E-state index contributed by atoms with van der Waals surface area (Å²) in [6, 6.07) is 0. The van der Waals surface area contributed by atoms with Crippen LogP contribution in [0.2, 0.25) is 0 Å². The van der Waals surface area contributed by atoms with Crippen molar-refractivity contribution < 1.29 is 9.53 Å². The second-order valence-electron chi connectivity index (χ2n) is 3.78. The van der Waals surface area contributed by atoms with Gasteiger partial charge in [0.2, 0.25) is 0 Å². The summed E-state index contributed by atoms with van der Waals surface area (Å²) >= 11 is 17.5. The number of carbonyl (C=O) groups excluding carboxylic acids is 1. The van der Waals surface area contributed by atoms with Crippen LogP contribution in [0.25, 0.3) is 0 Å². The first-order chi connectivity index (χ1) is 6.77. The van der Waals surface area contributed by atoms with Crippen LogP contribution in [0.1, 0.15) is 27.2 Å². The number of ether oxygens (including phenoxy) is 1. The summed E-state index contributed by atoms with van der Waals surface area (Å²) in [4.78, 5) is 11.3. The van der Waals surface area contributed by atoms with Gasteiger partial charge in [-0.05, 0) is 13.0 Å². The van der Waals surface area contributed by atoms with E-state index in [1.165, 1.54) is 11.6 Å². The van der Waals surface area contributed by atoms with Gasteiger partial charge in [-0.15, -0.1) is 0 Å². The Bertz CT molecular complexity index is 247. The van der Waals surface area contributed by atoms with Crippen molar-refractivity contribution in [1.29, 1.82) is 0 Å². The molecule has 0 amide bonds. The molecule has 0 spiro atoms. The molecule has 2 nitrogen and oxygen atoms in total. The molecule has 0 radical (unpaired) electrons. The second-order valence-corrected chi connectivity index (χ2v) is 5.42. The molecule has 0 saturated carbocycles. The van der Waals surface area contributed by atoms with Gasteiger partial charge in [0.25, 0.3) is 0 Å².